The number of nitrogens with zero attached hydrogens (tertiary/aromatic N) is 4. The second kappa shape index (κ2) is 10.4. The molecular formula is C21H31N5OS. The van der Waals surface area contributed by atoms with Gasteiger partial charge in [0.05, 0.1) is 17.2 Å². The molecule has 1 fully saturated rings. The molecule has 0 bridgehead atoms. The molecule has 0 aliphatic carbocycles. The van der Waals surface area contributed by atoms with E-state index in [0.717, 1.165) is 63.3 Å². The van der Waals surface area contributed by atoms with Gasteiger partial charge in [0.25, 0.3) is 0 Å². The van der Waals surface area contributed by atoms with Gasteiger partial charge in [0, 0.05) is 51.1 Å². The lowest BCUT2D eigenvalue weighted by molar-refractivity contribution is 0.152. The van der Waals surface area contributed by atoms with Crippen LogP contribution < -0.4 is 10.1 Å². The van der Waals surface area contributed by atoms with Crippen molar-refractivity contribution in [2.45, 2.75) is 26.3 Å². The van der Waals surface area contributed by atoms with Crippen molar-refractivity contribution in [3.63, 3.8) is 0 Å². The third kappa shape index (κ3) is 5.94. The van der Waals surface area contributed by atoms with E-state index in [0.29, 0.717) is 5.92 Å². The van der Waals surface area contributed by atoms with E-state index in [2.05, 4.69) is 39.3 Å². The summed E-state index contributed by atoms with van der Waals surface area (Å²) in [6.45, 7) is 10.7. The molecule has 0 amide bonds. The van der Waals surface area contributed by atoms with E-state index in [1.165, 1.54) is 5.01 Å². The summed E-state index contributed by atoms with van der Waals surface area (Å²) in [6.07, 6.45) is 0. The third-order valence-corrected chi connectivity index (χ3v) is 5.99. The fraction of sp³-hybridized carbons (Fsp3) is 0.524. The van der Waals surface area contributed by atoms with Gasteiger partial charge < -0.3 is 15.0 Å². The van der Waals surface area contributed by atoms with E-state index >= 15 is 0 Å². The van der Waals surface area contributed by atoms with Crippen LogP contribution in [0.25, 0.3) is 0 Å². The van der Waals surface area contributed by atoms with Crippen LogP contribution in [0.15, 0.2) is 40.7 Å². The lowest BCUT2D eigenvalue weighted by Crippen LogP contribution is -2.52. The number of ether oxygens (including phenoxy) is 1. The number of rotatable bonds is 7. The van der Waals surface area contributed by atoms with Crippen molar-refractivity contribution in [2.75, 3.05) is 46.4 Å². The van der Waals surface area contributed by atoms with Gasteiger partial charge in [-0.3, -0.25) is 9.89 Å². The van der Waals surface area contributed by atoms with Crippen LogP contribution in [-0.2, 0) is 6.54 Å². The summed E-state index contributed by atoms with van der Waals surface area (Å²) < 4.78 is 5.81. The van der Waals surface area contributed by atoms with Crippen LogP contribution in [0.4, 0.5) is 0 Å². The maximum atomic E-state index is 5.81. The first-order valence-electron chi connectivity index (χ1n) is 9.96. The lowest BCUT2D eigenvalue weighted by Gasteiger charge is -2.36. The standard InChI is InChI=1S/C21H31N5OS/c1-17(2)20-24-18(16-28-20)15-23-21(22-3)26-11-9-25(10-12-26)13-14-27-19-7-5-4-6-8-19/h4-8,16-17H,9-15H2,1-3H3,(H,22,23). The van der Waals surface area contributed by atoms with E-state index in [1.807, 2.05) is 37.4 Å². The van der Waals surface area contributed by atoms with Gasteiger partial charge in [-0.1, -0.05) is 32.0 Å². The number of nitrogens with one attached hydrogen (secondary N) is 1. The molecule has 1 aromatic carbocycles. The molecule has 3 rings (SSSR count). The van der Waals surface area contributed by atoms with Crippen molar-refractivity contribution >= 4 is 17.3 Å². The van der Waals surface area contributed by atoms with Gasteiger partial charge in [-0.25, -0.2) is 4.98 Å². The monoisotopic (exact) mass is 401 g/mol. The number of thiazole rings is 1. The second-order valence-corrected chi connectivity index (χ2v) is 8.11. The summed E-state index contributed by atoms with van der Waals surface area (Å²) in [4.78, 5) is 13.9. The highest BCUT2D eigenvalue weighted by Crippen LogP contribution is 2.19. The normalized spacial score (nSPS) is 15.9. The first-order valence-corrected chi connectivity index (χ1v) is 10.8. The van der Waals surface area contributed by atoms with Crippen LogP contribution in [0, 0.1) is 0 Å². The minimum Gasteiger partial charge on any atom is -0.492 e. The Hall–Kier alpha value is -2.12. The van der Waals surface area contributed by atoms with Gasteiger partial charge in [0.1, 0.15) is 12.4 Å². The molecule has 28 heavy (non-hydrogen) atoms. The summed E-state index contributed by atoms with van der Waals surface area (Å²) in [7, 11) is 1.85. The maximum absolute atomic E-state index is 5.81. The van der Waals surface area contributed by atoms with Crippen molar-refractivity contribution in [3.8, 4) is 5.75 Å². The first-order chi connectivity index (χ1) is 13.7. The zero-order chi connectivity index (χ0) is 19.8. The fourth-order valence-corrected chi connectivity index (χ4v) is 4.00. The molecule has 2 aromatic rings. The Morgan fingerprint density at radius 2 is 1.96 bits per heavy atom. The van der Waals surface area contributed by atoms with Crippen LogP contribution in [0.3, 0.4) is 0 Å². The Morgan fingerprint density at radius 3 is 2.61 bits per heavy atom. The van der Waals surface area contributed by atoms with Crippen LogP contribution in [0.2, 0.25) is 0 Å². The molecule has 0 spiro atoms. The molecular weight excluding hydrogens is 370 g/mol. The number of para-hydroxylation sites is 1. The van der Waals surface area contributed by atoms with Crippen LogP contribution in [0.1, 0.15) is 30.5 Å². The minimum atomic E-state index is 0.483. The summed E-state index contributed by atoms with van der Waals surface area (Å²) in [6, 6.07) is 10.0. The Morgan fingerprint density at radius 1 is 1.21 bits per heavy atom. The molecule has 0 atom stereocenters. The topological polar surface area (TPSA) is 53.0 Å². The van der Waals surface area contributed by atoms with E-state index in [1.54, 1.807) is 11.3 Å². The highest BCUT2D eigenvalue weighted by molar-refractivity contribution is 7.09. The van der Waals surface area contributed by atoms with E-state index in [-0.39, 0.29) is 0 Å². The Kier molecular flexibility index (Phi) is 7.68. The third-order valence-electron chi connectivity index (χ3n) is 4.79. The molecule has 1 aromatic heterocycles. The number of aliphatic imine (C=N–C) groups is 1. The number of piperazine rings is 1. The SMILES string of the molecule is CN=C(NCc1csc(C(C)C)n1)N1CCN(CCOc2ccccc2)CC1. The van der Waals surface area contributed by atoms with E-state index in [9.17, 15) is 0 Å². The molecule has 152 valence electrons. The molecule has 7 heteroatoms. The number of hydrogen-bond donors (Lipinski definition) is 1. The van der Waals surface area contributed by atoms with Crippen LogP contribution in [0.5, 0.6) is 5.75 Å². The van der Waals surface area contributed by atoms with Gasteiger partial charge in [0.15, 0.2) is 5.96 Å². The van der Waals surface area contributed by atoms with Crippen LogP contribution >= 0.6 is 11.3 Å². The van der Waals surface area contributed by atoms with Crippen molar-refractivity contribution in [1.29, 1.82) is 0 Å². The Bertz CT molecular complexity index is 738. The predicted molar refractivity (Wildman–Crippen MR) is 116 cm³/mol. The number of hydrogen-bond acceptors (Lipinski definition) is 5. The number of guanidine groups is 1. The quantitative estimate of drug-likeness (QED) is 0.571. The maximum Gasteiger partial charge on any atom is 0.194 e. The van der Waals surface area contributed by atoms with E-state index < -0.39 is 0 Å². The predicted octanol–water partition coefficient (Wildman–Crippen LogP) is 3.04. The van der Waals surface area contributed by atoms with E-state index in [4.69, 9.17) is 9.72 Å². The highest BCUT2D eigenvalue weighted by atomic mass is 32.1. The van der Waals surface area contributed by atoms with Gasteiger partial charge >= 0.3 is 0 Å². The van der Waals surface area contributed by atoms with Crippen molar-refractivity contribution in [3.05, 3.63) is 46.4 Å². The van der Waals surface area contributed by atoms with Crippen LogP contribution in [-0.4, -0.2) is 67.1 Å². The zero-order valence-corrected chi connectivity index (χ0v) is 17.9. The molecule has 6 nitrogen and oxygen atoms in total. The molecule has 2 heterocycles. The van der Waals surface area contributed by atoms with Gasteiger partial charge in [-0.2, -0.15) is 0 Å². The average molecular weight is 402 g/mol. The van der Waals surface area contributed by atoms with Gasteiger partial charge in [-0.15, -0.1) is 11.3 Å². The summed E-state index contributed by atoms with van der Waals surface area (Å²) in [5.74, 6) is 2.38. The number of aromatic nitrogens is 1. The molecule has 0 unspecified atom stereocenters. The summed E-state index contributed by atoms with van der Waals surface area (Å²) >= 11 is 1.74. The summed E-state index contributed by atoms with van der Waals surface area (Å²) in [5, 5.41) is 6.80. The van der Waals surface area contributed by atoms with Gasteiger partial charge in [-0.05, 0) is 12.1 Å². The largest absolute Gasteiger partial charge is 0.492 e. The molecule has 1 N–H and O–H groups in total. The zero-order valence-electron chi connectivity index (χ0n) is 17.1. The lowest BCUT2D eigenvalue weighted by atomic mass is 10.2. The molecule has 0 saturated carbocycles. The first kappa shape index (κ1) is 20.6. The fourth-order valence-electron chi connectivity index (χ4n) is 3.16. The molecule has 0 radical (unpaired) electrons. The smallest absolute Gasteiger partial charge is 0.194 e. The molecule has 1 aliphatic heterocycles. The van der Waals surface area contributed by atoms with Crippen molar-refractivity contribution < 1.29 is 4.74 Å². The van der Waals surface area contributed by atoms with Gasteiger partial charge in [0.2, 0.25) is 0 Å². The van der Waals surface area contributed by atoms with Crippen molar-refractivity contribution in [1.82, 2.24) is 20.1 Å². The summed E-state index contributed by atoms with van der Waals surface area (Å²) in [5.41, 5.74) is 1.09. The molecule has 1 saturated heterocycles. The average Bonchev–Trinajstić information content (AvgIpc) is 3.20. The highest BCUT2D eigenvalue weighted by Gasteiger charge is 2.19. The minimum absolute atomic E-state index is 0.483. The number of benzene rings is 1. The van der Waals surface area contributed by atoms with Crippen molar-refractivity contribution in [2.24, 2.45) is 4.99 Å². The Labute approximate surface area is 172 Å². The Balaban J connectivity index is 1.38. The molecule has 1 aliphatic rings. The second-order valence-electron chi connectivity index (χ2n) is 7.22.